The molecule has 0 aliphatic rings. The highest BCUT2D eigenvalue weighted by atomic mass is 16.5. The van der Waals surface area contributed by atoms with Gasteiger partial charge in [0.1, 0.15) is 11.6 Å². The van der Waals surface area contributed by atoms with Crippen molar-refractivity contribution < 1.29 is 14.6 Å². The molecule has 1 unspecified atom stereocenters. The van der Waals surface area contributed by atoms with Gasteiger partial charge in [-0.2, -0.15) is 0 Å². The number of hydrogen-bond acceptors (Lipinski definition) is 4. The van der Waals surface area contributed by atoms with Crippen molar-refractivity contribution in [2.75, 3.05) is 11.9 Å². The van der Waals surface area contributed by atoms with Crippen LogP contribution in [0.5, 0.6) is 5.75 Å². The number of nitrogens with one attached hydrogen (secondary N) is 2. The van der Waals surface area contributed by atoms with Crippen LogP contribution in [0.15, 0.2) is 42.5 Å². The maximum atomic E-state index is 12.3. The number of nitrogens with two attached hydrogens (primary N) is 1. The summed E-state index contributed by atoms with van der Waals surface area (Å²) in [5.74, 6) is -0.175. The Bertz CT molecular complexity index is 833. The van der Waals surface area contributed by atoms with Gasteiger partial charge in [0.2, 0.25) is 0 Å². The number of rotatable bonds is 10. The number of nitrogen functional groups attached to an aromatic ring is 1. The number of anilines is 1. The lowest BCUT2D eigenvalue weighted by Crippen LogP contribution is -2.43. The van der Waals surface area contributed by atoms with Gasteiger partial charge in [-0.05, 0) is 66.8 Å². The first kappa shape index (κ1) is 21.3. The van der Waals surface area contributed by atoms with E-state index in [9.17, 15) is 9.90 Å². The molecule has 0 aromatic heterocycles. The van der Waals surface area contributed by atoms with Crippen LogP contribution in [0.25, 0.3) is 0 Å². The first-order valence-electron chi connectivity index (χ1n) is 9.60. The van der Waals surface area contributed by atoms with E-state index in [2.05, 4.69) is 5.32 Å². The van der Waals surface area contributed by atoms with Crippen LogP contribution in [-0.2, 0) is 16.8 Å². The summed E-state index contributed by atoms with van der Waals surface area (Å²) in [7, 11) is 0. The fourth-order valence-corrected chi connectivity index (χ4v) is 3.15. The third kappa shape index (κ3) is 4.44. The van der Waals surface area contributed by atoms with E-state index in [0.29, 0.717) is 29.8 Å². The van der Waals surface area contributed by atoms with Gasteiger partial charge >= 0.3 is 5.97 Å². The van der Waals surface area contributed by atoms with Crippen molar-refractivity contribution in [3.05, 3.63) is 59.2 Å². The van der Waals surface area contributed by atoms with Crippen LogP contribution in [0.4, 0.5) is 5.69 Å². The minimum absolute atomic E-state index is 0.0261. The average molecular weight is 383 g/mol. The lowest BCUT2D eigenvalue weighted by Gasteiger charge is -2.32. The van der Waals surface area contributed by atoms with Gasteiger partial charge in [0.05, 0.1) is 6.61 Å². The van der Waals surface area contributed by atoms with E-state index in [-0.39, 0.29) is 5.84 Å². The highest BCUT2D eigenvalue weighted by Gasteiger charge is 2.39. The summed E-state index contributed by atoms with van der Waals surface area (Å²) in [5, 5.41) is 20.8. The van der Waals surface area contributed by atoms with Gasteiger partial charge in [-0.1, -0.05) is 26.8 Å². The number of carboxylic acids is 1. The van der Waals surface area contributed by atoms with E-state index in [1.165, 1.54) is 0 Å². The molecule has 0 saturated heterocycles. The Kier molecular flexibility index (Phi) is 7.04. The molecule has 0 fully saturated rings. The molecule has 0 bridgehead atoms. The molecule has 5 N–H and O–H groups in total. The van der Waals surface area contributed by atoms with Crippen molar-refractivity contribution >= 4 is 17.5 Å². The molecule has 6 nitrogen and oxygen atoms in total. The number of ether oxygens (including phenoxy) is 1. The van der Waals surface area contributed by atoms with Crippen molar-refractivity contribution in [2.45, 2.75) is 45.6 Å². The second-order valence-corrected chi connectivity index (χ2v) is 6.70. The number of amidine groups is 1. The second kappa shape index (κ2) is 9.26. The summed E-state index contributed by atoms with van der Waals surface area (Å²) in [6.07, 6.45) is 2.02. The number of aliphatic carboxylic acids is 1. The van der Waals surface area contributed by atoms with Crippen LogP contribution in [-0.4, -0.2) is 23.5 Å². The molecule has 6 heteroatoms. The van der Waals surface area contributed by atoms with Crippen LogP contribution in [0, 0.1) is 5.41 Å². The Labute approximate surface area is 166 Å². The number of carboxylic acid groups (broad SMARTS) is 1. The highest BCUT2D eigenvalue weighted by molar-refractivity contribution is 5.95. The fraction of sp³-hybridized carbons (Fsp3) is 0.364. The van der Waals surface area contributed by atoms with Crippen molar-refractivity contribution in [1.82, 2.24) is 0 Å². The Hall–Kier alpha value is -3.02. The lowest BCUT2D eigenvalue weighted by molar-refractivity contribution is -0.142. The normalized spacial score (nSPS) is 12.8. The van der Waals surface area contributed by atoms with E-state index in [1.54, 1.807) is 24.3 Å². The van der Waals surface area contributed by atoms with Gasteiger partial charge in [0.25, 0.3) is 0 Å². The van der Waals surface area contributed by atoms with Crippen LogP contribution in [0.3, 0.4) is 0 Å². The van der Waals surface area contributed by atoms with Gasteiger partial charge in [-0.25, -0.2) is 4.79 Å². The second-order valence-electron chi connectivity index (χ2n) is 6.70. The van der Waals surface area contributed by atoms with Gasteiger partial charge in [0.15, 0.2) is 5.54 Å². The minimum Gasteiger partial charge on any atom is -0.493 e. The van der Waals surface area contributed by atoms with Crippen molar-refractivity contribution in [2.24, 2.45) is 5.73 Å². The minimum atomic E-state index is -1.27. The predicted molar refractivity (Wildman–Crippen MR) is 112 cm³/mol. The summed E-state index contributed by atoms with van der Waals surface area (Å²) < 4.78 is 5.79. The van der Waals surface area contributed by atoms with E-state index in [1.807, 2.05) is 39.0 Å². The molecule has 0 heterocycles. The van der Waals surface area contributed by atoms with Gasteiger partial charge < -0.3 is 20.9 Å². The standard InChI is InChI=1S/C22H29N3O3/c1-4-13-28-19-12-9-17(14-15(19)5-2)22(6-3,21(26)27)25-18-10-7-16(8-11-18)20(23)24/h7-12,14,25H,4-6,13H2,1-3H3,(H3,23,24)(H,26,27). The number of carbonyl (C=O) groups is 1. The molecule has 28 heavy (non-hydrogen) atoms. The van der Waals surface area contributed by atoms with E-state index >= 15 is 0 Å². The maximum Gasteiger partial charge on any atom is 0.334 e. The lowest BCUT2D eigenvalue weighted by atomic mass is 9.85. The molecule has 150 valence electrons. The van der Waals surface area contributed by atoms with E-state index in [0.717, 1.165) is 24.2 Å². The van der Waals surface area contributed by atoms with Crippen LogP contribution < -0.4 is 15.8 Å². The fourth-order valence-electron chi connectivity index (χ4n) is 3.15. The van der Waals surface area contributed by atoms with Crippen molar-refractivity contribution in [1.29, 1.82) is 5.41 Å². The average Bonchev–Trinajstić information content (AvgIpc) is 2.70. The first-order chi connectivity index (χ1) is 13.4. The zero-order valence-electron chi connectivity index (χ0n) is 16.7. The molecule has 1 atom stereocenters. The number of aryl methyl sites for hydroxylation is 1. The molecule has 0 saturated carbocycles. The number of hydrogen-bond donors (Lipinski definition) is 4. The predicted octanol–water partition coefficient (Wildman–Crippen LogP) is 4.12. The zero-order chi connectivity index (χ0) is 20.7. The summed E-state index contributed by atoms with van der Waals surface area (Å²) in [5.41, 5.74) is 7.13. The van der Waals surface area contributed by atoms with Gasteiger partial charge in [-0.3, -0.25) is 5.41 Å². The Morgan fingerprint density at radius 2 is 1.86 bits per heavy atom. The van der Waals surface area contributed by atoms with Crippen LogP contribution >= 0.6 is 0 Å². The summed E-state index contributed by atoms with van der Waals surface area (Å²) >= 11 is 0. The molecule has 0 amide bonds. The molecule has 2 aromatic rings. The molecule has 2 rings (SSSR count). The van der Waals surface area contributed by atoms with Crippen LogP contribution in [0.1, 0.15) is 50.3 Å². The molecule has 0 aliphatic heterocycles. The first-order valence-corrected chi connectivity index (χ1v) is 9.60. The zero-order valence-corrected chi connectivity index (χ0v) is 16.7. The Morgan fingerprint density at radius 3 is 2.36 bits per heavy atom. The van der Waals surface area contributed by atoms with E-state index < -0.39 is 11.5 Å². The molecule has 0 radical (unpaired) electrons. The van der Waals surface area contributed by atoms with Crippen LogP contribution in [0.2, 0.25) is 0 Å². The SMILES string of the molecule is CCCOc1ccc(C(CC)(Nc2ccc(C(=N)N)cc2)C(=O)O)cc1CC. The van der Waals surface area contributed by atoms with Crippen molar-refractivity contribution in [3.8, 4) is 5.75 Å². The molecular weight excluding hydrogens is 354 g/mol. The third-order valence-corrected chi connectivity index (χ3v) is 4.84. The third-order valence-electron chi connectivity index (χ3n) is 4.84. The van der Waals surface area contributed by atoms with E-state index in [4.69, 9.17) is 15.9 Å². The van der Waals surface area contributed by atoms with Crippen molar-refractivity contribution in [3.63, 3.8) is 0 Å². The smallest absolute Gasteiger partial charge is 0.334 e. The molecule has 0 spiro atoms. The maximum absolute atomic E-state index is 12.3. The largest absolute Gasteiger partial charge is 0.493 e. The monoisotopic (exact) mass is 383 g/mol. The summed E-state index contributed by atoms with van der Waals surface area (Å²) in [6.45, 7) is 6.55. The van der Waals surface area contributed by atoms with Gasteiger partial charge in [-0.15, -0.1) is 0 Å². The quantitative estimate of drug-likeness (QED) is 0.364. The Balaban J connectivity index is 2.44. The topological polar surface area (TPSA) is 108 Å². The van der Waals surface area contributed by atoms with Gasteiger partial charge in [0, 0.05) is 11.3 Å². The number of benzene rings is 2. The summed E-state index contributed by atoms with van der Waals surface area (Å²) in [4.78, 5) is 12.3. The highest BCUT2D eigenvalue weighted by Crippen LogP contribution is 2.34. The molecule has 0 aliphatic carbocycles. The summed E-state index contributed by atoms with van der Waals surface area (Å²) in [6, 6.07) is 12.5. The molecular formula is C22H29N3O3. The molecule has 2 aromatic carbocycles. The Morgan fingerprint density at radius 1 is 1.18 bits per heavy atom.